The van der Waals surface area contributed by atoms with Gasteiger partial charge in [-0.05, 0) is 42.7 Å². The van der Waals surface area contributed by atoms with Crippen LogP contribution in [0.15, 0.2) is 23.5 Å². The Morgan fingerprint density at radius 1 is 1.20 bits per heavy atom. The van der Waals surface area contributed by atoms with Gasteiger partial charge in [0, 0.05) is 42.9 Å². The molecule has 0 aromatic heterocycles. The third kappa shape index (κ3) is 2.29. The monoisotopic (exact) mass is 342 g/mol. The van der Waals surface area contributed by atoms with Crippen LogP contribution in [0.4, 0.5) is 0 Å². The Morgan fingerprint density at radius 2 is 1.96 bits per heavy atom. The number of carbonyl (C=O) groups excluding carboxylic acids is 3. The van der Waals surface area contributed by atoms with Crippen LogP contribution in [-0.4, -0.2) is 17.5 Å². The van der Waals surface area contributed by atoms with Gasteiger partial charge in [0.1, 0.15) is 17.3 Å². The SMILES string of the molecule is CC(=O)OC1=CC2=CCC3C4CCC(=O)C4(C)CC(=O)C3C2(C)CC1. The van der Waals surface area contributed by atoms with Crippen molar-refractivity contribution in [1.82, 2.24) is 0 Å². The van der Waals surface area contributed by atoms with E-state index in [1.807, 2.05) is 13.0 Å². The van der Waals surface area contributed by atoms with Gasteiger partial charge in [-0.3, -0.25) is 14.4 Å². The smallest absolute Gasteiger partial charge is 0.307 e. The molecule has 4 rings (SSSR count). The van der Waals surface area contributed by atoms with Gasteiger partial charge < -0.3 is 4.74 Å². The van der Waals surface area contributed by atoms with Crippen LogP contribution < -0.4 is 0 Å². The van der Waals surface area contributed by atoms with Crippen LogP contribution in [0.2, 0.25) is 0 Å². The van der Waals surface area contributed by atoms with Crippen LogP contribution >= 0.6 is 0 Å². The number of Topliss-reactive ketones (excluding diaryl/α,β-unsaturated/α-hetero) is 2. The standard InChI is InChI=1S/C21H26O4/c1-12(22)25-14-8-9-20(2)13(10-14)4-5-15-16-6-7-18(24)21(16,3)11-17(23)19(15)20/h4,10,15-16,19H,5-9,11H2,1-3H3. The van der Waals surface area contributed by atoms with E-state index in [0.29, 0.717) is 30.9 Å². The van der Waals surface area contributed by atoms with Gasteiger partial charge in [-0.2, -0.15) is 0 Å². The summed E-state index contributed by atoms with van der Waals surface area (Å²) in [5.41, 5.74) is 0.502. The third-order valence-electron chi connectivity index (χ3n) is 7.41. The molecule has 4 nitrogen and oxygen atoms in total. The summed E-state index contributed by atoms with van der Waals surface area (Å²) in [5, 5.41) is 0. The molecule has 0 bridgehead atoms. The minimum absolute atomic E-state index is 0.00777. The lowest BCUT2D eigenvalue weighted by atomic mass is 9.48. The predicted molar refractivity (Wildman–Crippen MR) is 92.3 cm³/mol. The first-order valence-electron chi connectivity index (χ1n) is 9.41. The molecule has 0 saturated heterocycles. The van der Waals surface area contributed by atoms with Crippen LogP contribution in [0, 0.1) is 28.6 Å². The molecule has 5 atom stereocenters. The number of ether oxygens (including phenoxy) is 1. The van der Waals surface area contributed by atoms with Gasteiger partial charge >= 0.3 is 5.97 Å². The summed E-state index contributed by atoms with van der Waals surface area (Å²) in [6.07, 6.45) is 8.51. The molecule has 25 heavy (non-hydrogen) atoms. The van der Waals surface area contributed by atoms with Crippen molar-refractivity contribution in [2.45, 2.75) is 59.3 Å². The van der Waals surface area contributed by atoms with Gasteiger partial charge in [0.15, 0.2) is 0 Å². The lowest BCUT2D eigenvalue weighted by Gasteiger charge is -2.54. The molecule has 4 aliphatic rings. The fourth-order valence-corrected chi connectivity index (χ4v) is 6.18. The molecule has 5 unspecified atom stereocenters. The normalized spacial score (nSPS) is 42.8. The second kappa shape index (κ2) is 5.39. The minimum atomic E-state index is -0.437. The van der Waals surface area contributed by atoms with E-state index in [1.165, 1.54) is 6.92 Å². The number of ketones is 2. The van der Waals surface area contributed by atoms with Gasteiger partial charge in [-0.1, -0.05) is 19.9 Å². The zero-order valence-electron chi connectivity index (χ0n) is 15.3. The molecular formula is C21H26O4. The number of hydrogen-bond donors (Lipinski definition) is 0. The van der Waals surface area contributed by atoms with Gasteiger partial charge in [-0.25, -0.2) is 0 Å². The van der Waals surface area contributed by atoms with Crippen LogP contribution in [0.5, 0.6) is 0 Å². The maximum atomic E-state index is 13.2. The lowest BCUT2D eigenvalue weighted by molar-refractivity contribution is -0.148. The van der Waals surface area contributed by atoms with E-state index >= 15 is 0 Å². The Bertz CT molecular complexity index is 730. The molecule has 0 heterocycles. The molecule has 0 aliphatic heterocycles. The van der Waals surface area contributed by atoms with Crippen molar-refractivity contribution in [1.29, 1.82) is 0 Å². The third-order valence-corrected chi connectivity index (χ3v) is 7.41. The Labute approximate surface area is 148 Å². The van der Waals surface area contributed by atoms with Gasteiger partial charge in [0.25, 0.3) is 0 Å². The largest absolute Gasteiger partial charge is 0.431 e. The molecule has 0 radical (unpaired) electrons. The van der Waals surface area contributed by atoms with E-state index in [2.05, 4.69) is 13.0 Å². The number of allylic oxidation sites excluding steroid dienone is 4. The average molecular weight is 342 g/mol. The second-order valence-corrected chi connectivity index (χ2v) is 8.79. The van der Waals surface area contributed by atoms with E-state index in [9.17, 15) is 14.4 Å². The maximum absolute atomic E-state index is 13.2. The van der Waals surface area contributed by atoms with E-state index in [1.54, 1.807) is 0 Å². The fourth-order valence-electron chi connectivity index (χ4n) is 6.18. The number of carbonyl (C=O) groups is 3. The first kappa shape index (κ1) is 16.7. The van der Waals surface area contributed by atoms with E-state index in [4.69, 9.17) is 4.74 Å². The molecular weight excluding hydrogens is 316 g/mol. The molecule has 0 spiro atoms. The van der Waals surface area contributed by atoms with E-state index in [-0.39, 0.29) is 34.8 Å². The van der Waals surface area contributed by atoms with Crippen LogP contribution in [0.1, 0.15) is 59.3 Å². The van der Waals surface area contributed by atoms with Crippen LogP contribution in [-0.2, 0) is 19.1 Å². The Kier molecular flexibility index (Phi) is 3.61. The average Bonchev–Trinajstić information content (AvgIpc) is 2.82. The summed E-state index contributed by atoms with van der Waals surface area (Å²) in [6.45, 7) is 5.62. The highest BCUT2D eigenvalue weighted by atomic mass is 16.5. The van der Waals surface area contributed by atoms with Crippen molar-refractivity contribution in [2.24, 2.45) is 28.6 Å². The molecule has 4 heteroatoms. The molecule has 2 saturated carbocycles. The van der Waals surface area contributed by atoms with Crippen LogP contribution in [0.25, 0.3) is 0 Å². The second-order valence-electron chi connectivity index (χ2n) is 8.79. The lowest BCUT2D eigenvalue weighted by Crippen LogP contribution is -2.54. The van der Waals surface area contributed by atoms with E-state index in [0.717, 1.165) is 24.8 Å². The van der Waals surface area contributed by atoms with Gasteiger partial charge in [-0.15, -0.1) is 0 Å². The number of fused-ring (bicyclic) bond motifs is 5. The fraction of sp³-hybridized carbons (Fsp3) is 0.667. The van der Waals surface area contributed by atoms with Crippen molar-refractivity contribution in [3.63, 3.8) is 0 Å². The molecule has 134 valence electrons. The van der Waals surface area contributed by atoms with Crippen LogP contribution in [0.3, 0.4) is 0 Å². The molecule has 2 fully saturated rings. The predicted octanol–water partition coefficient (Wildman–Crippen LogP) is 3.75. The number of esters is 1. The minimum Gasteiger partial charge on any atom is -0.431 e. The van der Waals surface area contributed by atoms with Gasteiger partial charge in [0.2, 0.25) is 0 Å². The molecule has 0 aromatic rings. The highest BCUT2D eigenvalue weighted by molar-refractivity contribution is 5.95. The molecule has 0 aromatic carbocycles. The highest BCUT2D eigenvalue weighted by Gasteiger charge is 2.61. The first-order chi connectivity index (χ1) is 11.8. The number of rotatable bonds is 1. The summed E-state index contributed by atoms with van der Waals surface area (Å²) in [4.78, 5) is 36.8. The highest BCUT2D eigenvalue weighted by Crippen LogP contribution is 2.62. The maximum Gasteiger partial charge on any atom is 0.307 e. The van der Waals surface area contributed by atoms with E-state index < -0.39 is 5.41 Å². The van der Waals surface area contributed by atoms with Crippen molar-refractivity contribution >= 4 is 17.5 Å². The zero-order valence-corrected chi connectivity index (χ0v) is 15.3. The summed E-state index contributed by atoms with van der Waals surface area (Å²) in [5.74, 6) is 1.55. The Hall–Kier alpha value is -1.71. The van der Waals surface area contributed by atoms with Crippen molar-refractivity contribution < 1.29 is 19.1 Å². The van der Waals surface area contributed by atoms with Crippen molar-refractivity contribution in [3.8, 4) is 0 Å². The summed E-state index contributed by atoms with van der Waals surface area (Å²) >= 11 is 0. The van der Waals surface area contributed by atoms with Crippen molar-refractivity contribution in [3.05, 3.63) is 23.5 Å². The molecule has 4 aliphatic carbocycles. The zero-order chi connectivity index (χ0) is 18.0. The van der Waals surface area contributed by atoms with Crippen molar-refractivity contribution in [2.75, 3.05) is 0 Å². The molecule has 0 amide bonds. The molecule has 0 N–H and O–H groups in total. The topological polar surface area (TPSA) is 60.4 Å². The Balaban J connectivity index is 1.72. The van der Waals surface area contributed by atoms with Gasteiger partial charge in [0.05, 0.1) is 0 Å². The summed E-state index contributed by atoms with van der Waals surface area (Å²) < 4.78 is 5.30. The summed E-state index contributed by atoms with van der Waals surface area (Å²) in [6, 6.07) is 0. The quantitative estimate of drug-likeness (QED) is 0.681. The summed E-state index contributed by atoms with van der Waals surface area (Å²) in [7, 11) is 0. The number of hydrogen-bond acceptors (Lipinski definition) is 4. The Morgan fingerprint density at radius 3 is 2.68 bits per heavy atom. The first-order valence-corrected chi connectivity index (χ1v) is 9.41.